The van der Waals surface area contributed by atoms with Crippen LogP contribution in [0.15, 0.2) is 53.7 Å². The fourth-order valence-electron chi connectivity index (χ4n) is 3.17. The maximum Gasteiger partial charge on any atom is 0.193 e. The number of methoxy groups -OCH3 is 1. The molecule has 0 aliphatic rings. The summed E-state index contributed by atoms with van der Waals surface area (Å²) in [6, 6.07) is 14.4. The highest BCUT2D eigenvalue weighted by atomic mass is 16.5. The largest absolute Gasteiger partial charge is 0.380 e. The molecule has 2 aromatic carbocycles. The van der Waals surface area contributed by atoms with Crippen molar-refractivity contribution in [2.75, 3.05) is 19.0 Å². The molecule has 0 saturated heterocycles. The van der Waals surface area contributed by atoms with Crippen LogP contribution in [0.1, 0.15) is 23.6 Å². The molecule has 0 amide bonds. The number of hydrogen-bond acceptors (Lipinski definition) is 2. The van der Waals surface area contributed by atoms with Crippen molar-refractivity contribution in [3.05, 3.63) is 65.4 Å². The third-order valence-electron chi connectivity index (χ3n) is 4.51. The Morgan fingerprint density at radius 1 is 1.12 bits per heavy atom. The Hall–Kier alpha value is -2.79. The Morgan fingerprint density at radius 3 is 2.73 bits per heavy atom. The second-order valence-corrected chi connectivity index (χ2v) is 6.24. The first-order valence-electron chi connectivity index (χ1n) is 8.94. The number of H-pyrrole nitrogens is 1. The summed E-state index contributed by atoms with van der Waals surface area (Å²) in [5.41, 5.74) is 11.9. The molecule has 3 aromatic rings. The molecule has 5 heteroatoms. The lowest BCUT2D eigenvalue weighted by atomic mass is 10.1. The minimum Gasteiger partial charge on any atom is -0.380 e. The predicted octanol–water partition coefficient (Wildman–Crippen LogP) is 3.85. The number of para-hydroxylation sites is 2. The first-order chi connectivity index (χ1) is 12.7. The minimum absolute atomic E-state index is 0.419. The summed E-state index contributed by atoms with van der Waals surface area (Å²) in [5, 5.41) is 4.45. The molecule has 0 aliphatic carbocycles. The zero-order valence-electron chi connectivity index (χ0n) is 15.4. The van der Waals surface area contributed by atoms with Crippen molar-refractivity contribution >= 4 is 22.5 Å². The number of hydrogen-bond donors (Lipinski definition) is 3. The number of aromatic amines is 1. The highest BCUT2D eigenvalue weighted by Gasteiger charge is 2.06. The molecule has 0 radical (unpaired) electrons. The Kier molecular flexibility index (Phi) is 5.92. The summed E-state index contributed by atoms with van der Waals surface area (Å²) in [6.45, 7) is 3.34. The SMILES string of the molecule is CCc1cccc2c(CCN=C(N)Nc3ccccc3COC)c[nH]c12. The number of aromatic nitrogens is 1. The van der Waals surface area contributed by atoms with Crippen LogP contribution < -0.4 is 11.1 Å². The second-order valence-electron chi connectivity index (χ2n) is 6.24. The quantitative estimate of drug-likeness (QED) is 0.447. The van der Waals surface area contributed by atoms with Crippen molar-refractivity contribution in [2.45, 2.75) is 26.4 Å². The van der Waals surface area contributed by atoms with Crippen molar-refractivity contribution in [1.29, 1.82) is 0 Å². The van der Waals surface area contributed by atoms with Crippen LogP contribution in [0.2, 0.25) is 0 Å². The monoisotopic (exact) mass is 350 g/mol. The van der Waals surface area contributed by atoms with Crippen molar-refractivity contribution in [2.24, 2.45) is 10.7 Å². The van der Waals surface area contributed by atoms with Gasteiger partial charge in [0.1, 0.15) is 0 Å². The smallest absolute Gasteiger partial charge is 0.193 e. The summed E-state index contributed by atoms with van der Waals surface area (Å²) in [4.78, 5) is 7.87. The molecule has 0 atom stereocenters. The highest BCUT2D eigenvalue weighted by Crippen LogP contribution is 2.22. The van der Waals surface area contributed by atoms with Gasteiger partial charge in [-0.25, -0.2) is 0 Å². The maximum atomic E-state index is 6.06. The summed E-state index contributed by atoms with van der Waals surface area (Å²) in [6.07, 6.45) is 3.94. The van der Waals surface area contributed by atoms with Gasteiger partial charge in [-0.3, -0.25) is 4.99 Å². The van der Waals surface area contributed by atoms with E-state index in [-0.39, 0.29) is 0 Å². The Labute approximate surface area is 154 Å². The number of anilines is 1. The number of nitrogens with zero attached hydrogens (tertiary/aromatic N) is 1. The molecule has 0 aliphatic heterocycles. The lowest BCUT2D eigenvalue weighted by Gasteiger charge is -2.10. The van der Waals surface area contributed by atoms with E-state index in [0.717, 1.165) is 24.1 Å². The molecule has 0 saturated carbocycles. The molecule has 4 N–H and O–H groups in total. The number of nitrogens with one attached hydrogen (secondary N) is 2. The van der Waals surface area contributed by atoms with Crippen LogP contribution in [0, 0.1) is 0 Å². The van der Waals surface area contributed by atoms with E-state index in [9.17, 15) is 0 Å². The Morgan fingerprint density at radius 2 is 1.92 bits per heavy atom. The van der Waals surface area contributed by atoms with E-state index in [1.54, 1.807) is 7.11 Å². The zero-order chi connectivity index (χ0) is 18.4. The van der Waals surface area contributed by atoms with Gasteiger partial charge in [0.15, 0.2) is 5.96 Å². The van der Waals surface area contributed by atoms with Gasteiger partial charge in [0.05, 0.1) is 6.61 Å². The van der Waals surface area contributed by atoms with Crippen LogP contribution in [0.3, 0.4) is 0 Å². The molecule has 1 aromatic heterocycles. The summed E-state index contributed by atoms with van der Waals surface area (Å²) < 4.78 is 5.22. The molecule has 26 heavy (non-hydrogen) atoms. The van der Waals surface area contributed by atoms with E-state index in [4.69, 9.17) is 10.5 Å². The summed E-state index contributed by atoms with van der Waals surface area (Å²) in [5.74, 6) is 0.419. The fraction of sp³-hybridized carbons (Fsp3) is 0.286. The molecule has 0 spiro atoms. The number of guanidine groups is 1. The van der Waals surface area contributed by atoms with E-state index in [1.807, 2.05) is 24.3 Å². The van der Waals surface area contributed by atoms with Crippen molar-refractivity contribution in [1.82, 2.24) is 4.98 Å². The van der Waals surface area contributed by atoms with E-state index in [0.29, 0.717) is 19.1 Å². The number of nitrogens with two attached hydrogens (primary N) is 1. The van der Waals surface area contributed by atoms with Gasteiger partial charge in [0.25, 0.3) is 0 Å². The molecule has 0 bridgehead atoms. The van der Waals surface area contributed by atoms with Gasteiger partial charge >= 0.3 is 0 Å². The number of aryl methyl sites for hydroxylation is 1. The second kappa shape index (κ2) is 8.54. The normalized spacial score (nSPS) is 11.8. The van der Waals surface area contributed by atoms with Crippen LogP contribution in [0.4, 0.5) is 5.69 Å². The molecule has 136 valence electrons. The standard InChI is InChI=1S/C21H26N4O/c1-3-15-8-6-9-18-16(13-24-20(15)18)11-12-23-21(22)25-19-10-5-4-7-17(19)14-26-2/h4-10,13,24H,3,11-12,14H2,1-2H3,(H3,22,23,25). The van der Waals surface area contributed by atoms with E-state index >= 15 is 0 Å². The minimum atomic E-state index is 0.419. The van der Waals surface area contributed by atoms with Gasteiger partial charge < -0.3 is 20.8 Å². The molecule has 0 unspecified atom stereocenters. The number of ether oxygens (including phenoxy) is 1. The van der Waals surface area contributed by atoms with Gasteiger partial charge in [0, 0.05) is 42.0 Å². The van der Waals surface area contributed by atoms with E-state index in [1.165, 1.54) is 22.0 Å². The highest BCUT2D eigenvalue weighted by molar-refractivity contribution is 5.93. The average molecular weight is 350 g/mol. The lowest BCUT2D eigenvalue weighted by molar-refractivity contribution is 0.185. The molecule has 3 rings (SSSR count). The topological polar surface area (TPSA) is 75.4 Å². The van der Waals surface area contributed by atoms with Gasteiger partial charge in [-0.1, -0.05) is 43.3 Å². The number of aliphatic imine (C=N–C) groups is 1. The third kappa shape index (κ3) is 4.06. The van der Waals surface area contributed by atoms with Crippen LogP contribution in [0.25, 0.3) is 10.9 Å². The first kappa shape index (κ1) is 18.0. The van der Waals surface area contributed by atoms with E-state index in [2.05, 4.69) is 46.6 Å². The summed E-state index contributed by atoms with van der Waals surface area (Å²) in [7, 11) is 1.68. The molecule has 5 nitrogen and oxygen atoms in total. The zero-order valence-corrected chi connectivity index (χ0v) is 15.4. The van der Waals surface area contributed by atoms with Crippen LogP contribution in [-0.2, 0) is 24.2 Å². The molecular formula is C21H26N4O. The Bertz CT molecular complexity index is 898. The van der Waals surface area contributed by atoms with Crippen LogP contribution in [0.5, 0.6) is 0 Å². The number of benzene rings is 2. The molecule has 0 fully saturated rings. The van der Waals surface area contributed by atoms with Gasteiger partial charge in [-0.05, 0) is 30.0 Å². The van der Waals surface area contributed by atoms with Crippen molar-refractivity contribution in [3.63, 3.8) is 0 Å². The number of rotatable bonds is 7. The average Bonchev–Trinajstić information content (AvgIpc) is 3.07. The number of fused-ring (bicyclic) bond motifs is 1. The summed E-state index contributed by atoms with van der Waals surface area (Å²) >= 11 is 0. The van der Waals surface area contributed by atoms with Gasteiger partial charge in [-0.15, -0.1) is 0 Å². The maximum absolute atomic E-state index is 6.06. The van der Waals surface area contributed by atoms with Gasteiger partial charge in [0.2, 0.25) is 0 Å². The Balaban J connectivity index is 1.66. The lowest BCUT2D eigenvalue weighted by Crippen LogP contribution is -2.23. The van der Waals surface area contributed by atoms with E-state index < -0.39 is 0 Å². The van der Waals surface area contributed by atoms with Gasteiger partial charge in [-0.2, -0.15) is 0 Å². The first-order valence-corrected chi connectivity index (χ1v) is 8.94. The fourth-order valence-corrected chi connectivity index (χ4v) is 3.17. The van der Waals surface area contributed by atoms with Crippen LogP contribution in [-0.4, -0.2) is 24.6 Å². The molecule has 1 heterocycles. The van der Waals surface area contributed by atoms with Crippen molar-refractivity contribution < 1.29 is 4.74 Å². The third-order valence-corrected chi connectivity index (χ3v) is 4.51. The predicted molar refractivity (Wildman–Crippen MR) is 109 cm³/mol. The van der Waals surface area contributed by atoms with Crippen LogP contribution >= 0.6 is 0 Å². The molecular weight excluding hydrogens is 324 g/mol. The van der Waals surface area contributed by atoms with Crippen molar-refractivity contribution in [3.8, 4) is 0 Å².